The quantitative estimate of drug-likeness (QED) is 0.670. The zero-order valence-corrected chi connectivity index (χ0v) is 9.00. The third kappa shape index (κ3) is 3.01. The third-order valence-electron chi connectivity index (χ3n) is 2.44. The molecule has 1 saturated heterocycles. The third-order valence-corrected chi connectivity index (χ3v) is 2.44. The number of halogens is 1. The SMILES string of the molecule is O=C1CNC(C(=O)Nc2ccc(F)cc2)CN1. The first-order valence-corrected chi connectivity index (χ1v) is 5.21. The number of rotatable bonds is 2. The molecule has 0 aromatic heterocycles. The van der Waals surface area contributed by atoms with Crippen molar-refractivity contribution in [2.75, 3.05) is 18.4 Å². The van der Waals surface area contributed by atoms with Gasteiger partial charge in [-0.15, -0.1) is 0 Å². The molecule has 1 unspecified atom stereocenters. The Morgan fingerprint density at radius 2 is 2.06 bits per heavy atom. The van der Waals surface area contributed by atoms with E-state index in [2.05, 4.69) is 16.0 Å². The van der Waals surface area contributed by atoms with E-state index in [0.29, 0.717) is 5.69 Å². The molecule has 2 amide bonds. The second kappa shape index (κ2) is 4.92. The van der Waals surface area contributed by atoms with Gasteiger partial charge in [-0.25, -0.2) is 4.39 Å². The molecule has 1 aromatic rings. The van der Waals surface area contributed by atoms with Gasteiger partial charge in [-0.1, -0.05) is 0 Å². The van der Waals surface area contributed by atoms with Crippen LogP contribution in [-0.4, -0.2) is 30.9 Å². The topological polar surface area (TPSA) is 70.2 Å². The number of benzene rings is 1. The number of hydrogen-bond acceptors (Lipinski definition) is 3. The molecule has 2 rings (SSSR count). The Balaban J connectivity index is 1.92. The molecule has 0 bridgehead atoms. The molecule has 0 spiro atoms. The molecule has 1 aliphatic heterocycles. The minimum atomic E-state index is -0.460. The van der Waals surface area contributed by atoms with Crippen molar-refractivity contribution in [1.29, 1.82) is 0 Å². The van der Waals surface area contributed by atoms with Crippen LogP contribution in [0.15, 0.2) is 24.3 Å². The van der Waals surface area contributed by atoms with Crippen LogP contribution < -0.4 is 16.0 Å². The predicted molar refractivity (Wildman–Crippen MR) is 59.8 cm³/mol. The number of carbonyl (C=O) groups is 2. The summed E-state index contributed by atoms with van der Waals surface area (Å²) in [6.07, 6.45) is 0. The Bertz CT molecular complexity index is 423. The minimum Gasteiger partial charge on any atom is -0.353 e. The highest BCUT2D eigenvalue weighted by Gasteiger charge is 2.23. The summed E-state index contributed by atoms with van der Waals surface area (Å²) in [6.45, 7) is 0.382. The molecule has 0 aliphatic carbocycles. The van der Waals surface area contributed by atoms with E-state index in [0.717, 1.165) is 0 Å². The van der Waals surface area contributed by atoms with Gasteiger partial charge in [-0.05, 0) is 24.3 Å². The maximum absolute atomic E-state index is 12.6. The molecule has 0 saturated carbocycles. The lowest BCUT2D eigenvalue weighted by Gasteiger charge is -2.23. The average molecular weight is 237 g/mol. The molecular weight excluding hydrogens is 225 g/mol. The number of carbonyl (C=O) groups excluding carboxylic acids is 2. The number of piperazine rings is 1. The van der Waals surface area contributed by atoms with Crippen LogP contribution in [0.3, 0.4) is 0 Å². The lowest BCUT2D eigenvalue weighted by Crippen LogP contribution is -2.56. The van der Waals surface area contributed by atoms with Gasteiger partial charge in [0.25, 0.3) is 0 Å². The van der Waals surface area contributed by atoms with Crippen molar-refractivity contribution in [3.05, 3.63) is 30.1 Å². The van der Waals surface area contributed by atoms with Crippen molar-refractivity contribution in [2.24, 2.45) is 0 Å². The summed E-state index contributed by atoms with van der Waals surface area (Å²) in [6, 6.07) is 5.04. The summed E-state index contributed by atoms with van der Waals surface area (Å²) in [4.78, 5) is 22.6. The van der Waals surface area contributed by atoms with Crippen LogP contribution in [0.2, 0.25) is 0 Å². The van der Waals surface area contributed by atoms with Crippen molar-refractivity contribution in [1.82, 2.24) is 10.6 Å². The van der Waals surface area contributed by atoms with Gasteiger partial charge in [0.2, 0.25) is 11.8 Å². The van der Waals surface area contributed by atoms with Crippen LogP contribution in [0.4, 0.5) is 10.1 Å². The van der Waals surface area contributed by atoms with Gasteiger partial charge >= 0.3 is 0 Å². The highest BCUT2D eigenvalue weighted by Crippen LogP contribution is 2.08. The normalized spacial score (nSPS) is 19.6. The van der Waals surface area contributed by atoms with E-state index in [4.69, 9.17) is 0 Å². The number of anilines is 1. The fourth-order valence-electron chi connectivity index (χ4n) is 1.51. The lowest BCUT2D eigenvalue weighted by atomic mass is 10.2. The zero-order valence-electron chi connectivity index (χ0n) is 9.00. The molecule has 17 heavy (non-hydrogen) atoms. The summed E-state index contributed by atoms with van der Waals surface area (Å²) >= 11 is 0. The molecule has 5 nitrogen and oxygen atoms in total. The van der Waals surface area contributed by atoms with Crippen molar-refractivity contribution in [3.8, 4) is 0 Å². The Labute approximate surface area is 97.4 Å². The van der Waals surface area contributed by atoms with Crippen molar-refractivity contribution in [2.45, 2.75) is 6.04 Å². The molecule has 3 N–H and O–H groups in total. The molecule has 1 aromatic carbocycles. The standard InChI is InChI=1S/C11H12FN3O2/c12-7-1-3-8(4-2-7)15-11(17)9-5-14-10(16)6-13-9/h1-4,9,13H,5-6H2,(H,14,16)(H,15,17). The summed E-state index contributed by atoms with van der Waals surface area (Å²) in [7, 11) is 0. The van der Waals surface area contributed by atoms with E-state index in [9.17, 15) is 14.0 Å². The first kappa shape index (κ1) is 11.5. The summed E-state index contributed by atoms with van der Waals surface area (Å²) in [5, 5.41) is 8.02. The zero-order chi connectivity index (χ0) is 12.3. The highest BCUT2D eigenvalue weighted by molar-refractivity contribution is 5.96. The summed E-state index contributed by atoms with van der Waals surface area (Å²) in [5.74, 6) is -0.738. The molecule has 90 valence electrons. The highest BCUT2D eigenvalue weighted by atomic mass is 19.1. The van der Waals surface area contributed by atoms with E-state index in [1.165, 1.54) is 24.3 Å². The van der Waals surface area contributed by atoms with Crippen LogP contribution in [0.25, 0.3) is 0 Å². The predicted octanol–water partition coefficient (Wildman–Crippen LogP) is -0.148. The van der Waals surface area contributed by atoms with Crippen LogP contribution in [0, 0.1) is 5.82 Å². The number of amides is 2. The van der Waals surface area contributed by atoms with E-state index < -0.39 is 6.04 Å². The molecule has 0 radical (unpaired) electrons. The molecule has 1 fully saturated rings. The van der Waals surface area contributed by atoms with Gasteiger partial charge in [-0.2, -0.15) is 0 Å². The fourth-order valence-corrected chi connectivity index (χ4v) is 1.51. The number of nitrogens with one attached hydrogen (secondary N) is 3. The molecular formula is C11H12FN3O2. The Morgan fingerprint density at radius 1 is 1.35 bits per heavy atom. The summed E-state index contributed by atoms with van der Waals surface area (Å²) < 4.78 is 12.6. The molecule has 1 atom stereocenters. The van der Waals surface area contributed by atoms with Gasteiger partial charge in [0, 0.05) is 12.2 Å². The van der Waals surface area contributed by atoms with Gasteiger partial charge < -0.3 is 10.6 Å². The number of hydrogen-bond donors (Lipinski definition) is 3. The minimum absolute atomic E-state index is 0.126. The largest absolute Gasteiger partial charge is 0.353 e. The van der Waals surface area contributed by atoms with Crippen LogP contribution >= 0.6 is 0 Å². The van der Waals surface area contributed by atoms with Gasteiger partial charge in [0.05, 0.1) is 6.54 Å². The fraction of sp³-hybridized carbons (Fsp3) is 0.273. The molecule has 6 heteroatoms. The van der Waals surface area contributed by atoms with Gasteiger partial charge in [0.15, 0.2) is 0 Å². The monoisotopic (exact) mass is 237 g/mol. The van der Waals surface area contributed by atoms with E-state index in [1.54, 1.807) is 0 Å². The van der Waals surface area contributed by atoms with Crippen LogP contribution in [-0.2, 0) is 9.59 Å². The van der Waals surface area contributed by atoms with E-state index >= 15 is 0 Å². The molecule has 1 heterocycles. The average Bonchev–Trinajstić information content (AvgIpc) is 2.33. The van der Waals surface area contributed by atoms with Gasteiger partial charge in [-0.3, -0.25) is 14.9 Å². The summed E-state index contributed by atoms with van der Waals surface area (Å²) in [5.41, 5.74) is 0.523. The smallest absolute Gasteiger partial charge is 0.243 e. The van der Waals surface area contributed by atoms with E-state index in [1.807, 2.05) is 0 Å². The Morgan fingerprint density at radius 3 is 2.65 bits per heavy atom. The second-order valence-electron chi connectivity index (χ2n) is 3.73. The van der Waals surface area contributed by atoms with Crippen molar-refractivity contribution >= 4 is 17.5 Å². The van der Waals surface area contributed by atoms with Crippen molar-refractivity contribution < 1.29 is 14.0 Å². The lowest BCUT2D eigenvalue weighted by molar-refractivity contribution is -0.124. The van der Waals surface area contributed by atoms with E-state index in [-0.39, 0.29) is 30.7 Å². The van der Waals surface area contributed by atoms with Crippen LogP contribution in [0.1, 0.15) is 0 Å². The Hall–Kier alpha value is -1.95. The second-order valence-corrected chi connectivity index (χ2v) is 3.73. The van der Waals surface area contributed by atoms with Gasteiger partial charge in [0.1, 0.15) is 11.9 Å². The maximum atomic E-state index is 12.6. The van der Waals surface area contributed by atoms with Crippen LogP contribution in [0.5, 0.6) is 0 Å². The molecule has 1 aliphatic rings. The maximum Gasteiger partial charge on any atom is 0.243 e. The van der Waals surface area contributed by atoms with Crippen molar-refractivity contribution in [3.63, 3.8) is 0 Å². The Kier molecular flexibility index (Phi) is 3.34. The first-order valence-electron chi connectivity index (χ1n) is 5.21. The first-order chi connectivity index (χ1) is 8.15.